The van der Waals surface area contributed by atoms with Crippen LogP contribution in [-0.2, 0) is 4.79 Å². The first kappa shape index (κ1) is 22.4. The number of aromatic nitrogens is 1. The maximum atomic E-state index is 12.8. The maximum absolute atomic E-state index is 12.8. The molecule has 0 fully saturated rings. The first-order valence-corrected chi connectivity index (χ1v) is 11.4. The van der Waals surface area contributed by atoms with Crippen molar-refractivity contribution >= 4 is 63.1 Å². The zero-order chi connectivity index (χ0) is 21.5. The Labute approximate surface area is 192 Å². The normalized spacial score (nSPS) is 10.5. The number of hydrogen-bond donors (Lipinski definition) is 2. The molecule has 30 heavy (non-hydrogen) atoms. The van der Waals surface area contributed by atoms with Gasteiger partial charge in [0.05, 0.1) is 16.3 Å². The molecule has 2 aromatic carbocycles. The van der Waals surface area contributed by atoms with Crippen LogP contribution < -0.4 is 10.6 Å². The van der Waals surface area contributed by atoms with E-state index >= 15 is 0 Å². The van der Waals surface area contributed by atoms with E-state index in [9.17, 15) is 9.59 Å². The van der Waals surface area contributed by atoms with Crippen molar-refractivity contribution in [3.05, 3.63) is 76.8 Å². The zero-order valence-corrected chi connectivity index (χ0v) is 18.8. The van der Waals surface area contributed by atoms with Crippen molar-refractivity contribution in [3.8, 4) is 11.3 Å². The van der Waals surface area contributed by atoms with Crippen LogP contribution in [0.4, 0.5) is 5.00 Å². The number of rotatable bonds is 8. The van der Waals surface area contributed by atoms with E-state index in [-0.39, 0.29) is 23.1 Å². The number of carbonyl (C=O) groups is 2. The molecule has 5 nitrogen and oxygen atoms in total. The van der Waals surface area contributed by atoms with Gasteiger partial charge in [0, 0.05) is 17.1 Å². The predicted molar refractivity (Wildman–Crippen MR) is 126 cm³/mol. The smallest absolute Gasteiger partial charge is 0.257 e. The van der Waals surface area contributed by atoms with E-state index in [4.69, 9.17) is 23.2 Å². The van der Waals surface area contributed by atoms with Gasteiger partial charge in [-0.3, -0.25) is 9.59 Å². The van der Waals surface area contributed by atoms with Crippen molar-refractivity contribution in [1.29, 1.82) is 0 Å². The highest BCUT2D eigenvalue weighted by molar-refractivity contribution is 8.01. The van der Waals surface area contributed by atoms with E-state index < -0.39 is 0 Å². The highest BCUT2D eigenvalue weighted by Gasteiger charge is 2.19. The Morgan fingerprint density at radius 3 is 2.67 bits per heavy atom. The summed E-state index contributed by atoms with van der Waals surface area (Å²) in [6.07, 6.45) is 1.62. The lowest BCUT2D eigenvalue weighted by Crippen LogP contribution is -2.24. The quantitative estimate of drug-likeness (QED) is 0.319. The molecule has 0 radical (unpaired) electrons. The summed E-state index contributed by atoms with van der Waals surface area (Å²) in [7, 11) is 0. The Balaban J connectivity index is 1.85. The molecule has 0 spiro atoms. The summed E-state index contributed by atoms with van der Waals surface area (Å²) in [5, 5.41) is 6.89. The number of benzene rings is 2. The Morgan fingerprint density at radius 2 is 1.93 bits per heavy atom. The van der Waals surface area contributed by atoms with Gasteiger partial charge in [-0.2, -0.15) is 0 Å². The Bertz CT molecular complexity index is 1070. The Kier molecular flexibility index (Phi) is 7.93. The van der Waals surface area contributed by atoms with Gasteiger partial charge in [-0.05, 0) is 18.2 Å². The van der Waals surface area contributed by atoms with Gasteiger partial charge in [-0.1, -0.05) is 82.7 Å². The van der Waals surface area contributed by atoms with Crippen molar-refractivity contribution in [2.24, 2.45) is 0 Å². The lowest BCUT2D eigenvalue weighted by molar-refractivity contribution is -0.118. The molecule has 0 aliphatic carbocycles. The third-order valence-electron chi connectivity index (χ3n) is 3.83. The molecule has 1 heterocycles. The van der Waals surface area contributed by atoms with Gasteiger partial charge in [0.15, 0.2) is 4.34 Å². The fourth-order valence-electron chi connectivity index (χ4n) is 2.44. The van der Waals surface area contributed by atoms with Gasteiger partial charge in [0.2, 0.25) is 5.91 Å². The molecule has 0 unspecified atom stereocenters. The molecule has 0 atom stereocenters. The minimum Gasteiger partial charge on any atom is -0.352 e. The number of anilines is 1. The number of nitrogens with zero attached hydrogens (tertiary/aromatic N) is 1. The topological polar surface area (TPSA) is 71.1 Å². The van der Waals surface area contributed by atoms with E-state index in [1.165, 1.54) is 29.2 Å². The van der Waals surface area contributed by atoms with Gasteiger partial charge in [0.1, 0.15) is 10.7 Å². The Hall–Kier alpha value is -2.32. The van der Waals surface area contributed by atoms with Gasteiger partial charge >= 0.3 is 0 Å². The van der Waals surface area contributed by atoms with Gasteiger partial charge < -0.3 is 10.6 Å². The molecule has 0 aliphatic rings. The summed E-state index contributed by atoms with van der Waals surface area (Å²) in [5.74, 6) is -0.292. The summed E-state index contributed by atoms with van der Waals surface area (Å²) in [4.78, 5) is 29.3. The van der Waals surface area contributed by atoms with E-state index in [1.807, 2.05) is 30.3 Å². The monoisotopic (exact) mass is 477 g/mol. The molecule has 1 aromatic heterocycles. The Morgan fingerprint density at radius 1 is 1.17 bits per heavy atom. The molecule has 3 aromatic rings. The summed E-state index contributed by atoms with van der Waals surface area (Å²) >= 11 is 14.8. The van der Waals surface area contributed by atoms with Crippen molar-refractivity contribution in [2.45, 2.75) is 4.34 Å². The van der Waals surface area contributed by atoms with Crippen molar-refractivity contribution in [3.63, 3.8) is 0 Å². The number of nitrogens with one attached hydrogen (secondary N) is 2. The van der Waals surface area contributed by atoms with Crippen molar-refractivity contribution in [2.75, 3.05) is 17.6 Å². The third kappa shape index (κ3) is 5.86. The first-order chi connectivity index (χ1) is 14.5. The second kappa shape index (κ2) is 10.6. The van der Waals surface area contributed by atoms with Crippen LogP contribution in [0.15, 0.2) is 65.5 Å². The SMILES string of the molecule is C=CCNC(=O)CSc1nc(-c2ccccc2)c(NC(=O)c2cc(Cl)ccc2Cl)s1. The lowest BCUT2D eigenvalue weighted by atomic mass is 10.1. The number of halogens is 2. The number of carbonyl (C=O) groups excluding carboxylic acids is 2. The summed E-state index contributed by atoms with van der Waals surface area (Å²) in [6.45, 7) is 3.98. The highest BCUT2D eigenvalue weighted by atomic mass is 35.5. The number of thioether (sulfide) groups is 1. The molecule has 0 saturated heterocycles. The van der Waals surface area contributed by atoms with Gasteiger partial charge in [-0.25, -0.2) is 4.98 Å². The van der Waals surface area contributed by atoms with Crippen LogP contribution in [0.25, 0.3) is 11.3 Å². The van der Waals surface area contributed by atoms with Gasteiger partial charge in [-0.15, -0.1) is 6.58 Å². The van der Waals surface area contributed by atoms with E-state index in [0.717, 1.165) is 5.56 Å². The minimum atomic E-state index is -0.386. The summed E-state index contributed by atoms with van der Waals surface area (Å²) in [5.41, 5.74) is 1.75. The molecule has 0 bridgehead atoms. The highest BCUT2D eigenvalue weighted by Crippen LogP contribution is 2.38. The van der Waals surface area contributed by atoms with E-state index in [0.29, 0.717) is 31.6 Å². The fraction of sp³-hybridized carbons (Fsp3) is 0.0952. The zero-order valence-electron chi connectivity index (χ0n) is 15.7. The molecule has 2 N–H and O–H groups in total. The molecular formula is C21H17Cl2N3O2S2. The lowest BCUT2D eigenvalue weighted by Gasteiger charge is -2.07. The average molecular weight is 478 g/mol. The second-order valence-corrected chi connectivity index (χ2v) is 9.05. The predicted octanol–water partition coefficient (Wildman–Crippen LogP) is 5.76. The van der Waals surface area contributed by atoms with Gasteiger partial charge in [0.25, 0.3) is 5.91 Å². The van der Waals surface area contributed by atoms with Crippen molar-refractivity contribution in [1.82, 2.24) is 10.3 Å². The molecule has 2 amide bonds. The van der Waals surface area contributed by atoms with E-state index in [1.54, 1.807) is 18.2 Å². The summed E-state index contributed by atoms with van der Waals surface area (Å²) < 4.78 is 0.662. The van der Waals surface area contributed by atoms with Crippen LogP contribution >= 0.6 is 46.3 Å². The minimum absolute atomic E-state index is 0.118. The maximum Gasteiger partial charge on any atom is 0.257 e. The number of amides is 2. The molecular weight excluding hydrogens is 461 g/mol. The standard InChI is InChI=1S/C21H17Cl2N3O2S2/c1-2-10-24-17(27)12-29-21-25-18(13-6-4-3-5-7-13)20(30-21)26-19(28)15-11-14(22)8-9-16(15)23/h2-9,11H,1,10,12H2,(H,24,27)(H,26,28). The van der Waals surface area contributed by atoms with Crippen LogP contribution in [0.5, 0.6) is 0 Å². The molecule has 154 valence electrons. The third-order valence-corrected chi connectivity index (χ3v) is 6.50. The largest absolute Gasteiger partial charge is 0.352 e. The van der Waals surface area contributed by atoms with Crippen LogP contribution in [0, 0.1) is 0 Å². The molecule has 3 rings (SSSR count). The molecule has 0 aliphatic heterocycles. The summed E-state index contributed by atoms with van der Waals surface area (Å²) in [6, 6.07) is 14.2. The average Bonchev–Trinajstić information content (AvgIpc) is 3.15. The van der Waals surface area contributed by atoms with Crippen LogP contribution in [0.3, 0.4) is 0 Å². The first-order valence-electron chi connectivity index (χ1n) is 8.81. The van der Waals surface area contributed by atoms with Crippen LogP contribution in [-0.4, -0.2) is 29.1 Å². The number of thiazole rings is 1. The van der Waals surface area contributed by atoms with Crippen LogP contribution in [0.2, 0.25) is 10.0 Å². The molecule has 9 heteroatoms. The fourth-order valence-corrected chi connectivity index (χ4v) is 4.71. The molecule has 0 saturated carbocycles. The second-order valence-electron chi connectivity index (χ2n) is 5.98. The van der Waals surface area contributed by atoms with Crippen LogP contribution in [0.1, 0.15) is 10.4 Å². The number of hydrogen-bond acceptors (Lipinski definition) is 5. The van der Waals surface area contributed by atoms with E-state index in [2.05, 4.69) is 22.2 Å². The van der Waals surface area contributed by atoms with Crippen molar-refractivity contribution < 1.29 is 9.59 Å².